The lowest BCUT2D eigenvalue weighted by Gasteiger charge is -2.37. The number of nitrogens with zero attached hydrogens (tertiary/aromatic N) is 6. The topological polar surface area (TPSA) is 59.2 Å². The third-order valence-electron chi connectivity index (χ3n) is 5.85. The van der Waals surface area contributed by atoms with Gasteiger partial charge >= 0.3 is 5.69 Å². The summed E-state index contributed by atoms with van der Waals surface area (Å²) in [5, 5.41) is 4.17. The first-order valence-corrected chi connectivity index (χ1v) is 11.4. The van der Waals surface area contributed by atoms with E-state index in [1.807, 2.05) is 26.0 Å². The number of benzene rings is 1. The van der Waals surface area contributed by atoms with Gasteiger partial charge < -0.3 is 9.80 Å². The van der Waals surface area contributed by atoms with Gasteiger partial charge in [0.15, 0.2) is 11.6 Å². The van der Waals surface area contributed by atoms with Crippen molar-refractivity contribution < 1.29 is 4.39 Å². The van der Waals surface area contributed by atoms with Crippen molar-refractivity contribution in [3.8, 4) is 5.82 Å². The number of hydrogen-bond acceptors (Lipinski definition) is 5. The Morgan fingerprint density at radius 3 is 2.23 bits per heavy atom. The molecule has 0 atom stereocenters. The van der Waals surface area contributed by atoms with Crippen molar-refractivity contribution in [1.82, 2.24) is 19.3 Å². The highest BCUT2D eigenvalue weighted by Gasteiger charge is 2.21. The van der Waals surface area contributed by atoms with Crippen LogP contribution in [0.2, 0.25) is 0 Å². The smallest absolute Gasteiger partial charge is 0.351 e. The minimum absolute atomic E-state index is 0.00175. The van der Waals surface area contributed by atoms with Gasteiger partial charge in [0.05, 0.1) is 17.9 Å². The number of halogens is 2. The molecule has 4 rings (SSSR count). The van der Waals surface area contributed by atoms with E-state index in [-0.39, 0.29) is 17.5 Å². The van der Waals surface area contributed by atoms with Crippen LogP contribution in [0.1, 0.15) is 32.7 Å². The fourth-order valence-electron chi connectivity index (χ4n) is 3.99. The van der Waals surface area contributed by atoms with E-state index in [4.69, 9.17) is 0 Å². The summed E-state index contributed by atoms with van der Waals surface area (Å²) < 4.78 is 18.6. The minimum Gasteiger partial charge on any atom is -0.368 e. The first-order valence-electron chi connectivity index (χ1n) is 10.6. The van der Waals surface area contributed by atoms with E-state index < -0.39 is 5.82 Å². The van der Waals surface area contributed by atoms with E-state index in [2.05, 4.69) is 47.9 Å². The van der Waals surface area contributed by atoms with Gasteiger partial charge in [0.2, 0.25) is 0 Å². The van der Waals surface area contributed by atoms with Gasteiger partial charge in [0.1, 0.15) is 6.33 Å². The summed E-state index contributed by atoms with van der Waals surface area (Å²) in [4.78, 5) is 21.4. The van der Waals surface area contributed by atoms with E-state index >= 15 is 0 Å². The van der Waals surface area contributed by atoms with E-state index in [0.29, 0.717) is 0 Å². The van der Waals surface area contributed by atoms with Crippen LogP contribution in [-0.2, 0) is 0 Å². The number of rotatable bonds is 6. The molecule has 9 heteroatoms. The molecular weight excluding hydrogens is 463 g/mol. The van der Waals surface area contributed by atoms with E-state index in [1.54, 1.807) is 6.20 Å². The van der Waals surface area contributed by atoms with Crippen LogP contribution in [0, 0.1) is 5.82 Å². The predicted octanol–water partition coefficient (Wildman–Crippen LogP) is 4.02. The second-order valence-corrected chi connectivity index (χ2v) is 8.56. The normalized spacial score (nSPS) is 14.5. The molecule has 164 valence electrons. The summed E-state index contributed by atoms with van der Waals surface area (Å²) in [5.74, 6) is -0.543. The van der Waals surface area contributed by atoms with Crippen molar-refractivity contribution in [2.24, 2.45) is 0 Å². The summed E-state index contributed by atoms with van der Waals surface area (Å²) in [7, 11) is 0. The molecule has 0 bridgehead atoms. The quantitative estimate of drug-likeness (QED) is 0.524. The molecule has 0 unspecified atom stereocenters. The van der Waals surface area contributed by atoms with E-state index in [9.17, 15) is 9.18 Å². The largest absolute Gasteiger partial charge is 0.368 e. The third-order valence-corrected chi connectivity index (χ3v) is 6.38. The number of hydrogen-bond donors (Lipinski definition) is 0. The maximum absolute atomic E-state index is 14.9. The van der Waals surface area contributed by atoms with Crippen LogP contribution < -0.4 is 15.5 Å². The Morgan fingerprint density at radius 2 is 1.65 bits per heavy atom. The SMILES string of the molecule is CCC(CC)n1ncn(-c2ncc(N3CCN(c4ccc(Br)cc4)CC3)cc2F)c1=O. The number of aromatic nitrogens is 4. The number of pyridine rings is 1. The first-order chi connectivity index (χ1) is 15.0. The highest BCUT2D eigenvalue weighted by atomic mass is 79.9. The Morgan fingerprint density at radius 1 is 1.03 bits per heavy atom. The van der Waals surface area contributed by atoms with Gasteiger partial charge in [-0.1, -0.05) is 29.8 Å². The van der Waals surface area contributed by atoms with Gasteiger partial charge in [-0.2, -0.15) is 5.10 Å². The summed E-state index contributed by atoms with van der Waals surface area (Å²) >= 11 is 3.46. The van der Waals surface area contributed by atoms with Crippen LogP contribution >= 0.6 is 15.9 Å². The average molecular weight is 489 g/mol. The summed E-state index contributed by atoms with van der Waals surface area (Å²) in [6, 6.07) is 9.71. The molecule has 2 aromatic heterocycles. The van der Waals surface area contributed by atoms with Crippen molar-refractivity contribution in [2.75, 3.05) is 36.0 Å². The zero-order chi connectivity index (χ0) is 22.0. The van der Waals surface area contributed by atoms with E-state index in [0.717, 1.165) is 49.2 Å². The molecule has 0 amide bonds. The zero-order valence-electron chi connectivity index (χ0n) is 17.7. The summed E-state index contributed by atoms with van der Waals surface area (Å²) in [5.41, 5.74) is 1.53. The molecule has 1 fully saturated rings. The minimum atomic E-state index is -0.529. The second-order valence-electron chi connectivity index (χ2n) is 7.65. The van der Waals surface area contributed by atoms with E-state index in [1.165, 1.54) is 27.3 Å². The molecule has 0 aliphatic carbocycles. The molecule has 0 radical (unpaired) electrons. The van der Waals surface area contributed by atoms with Crippen molar-refractivity contribution in [2.45, 2.75) is 32.7 Å². The van der Waals surface area contributed by atoms with Crippen LogP contribution in [0.5, 0.6) is 0 Å². The number of anilines is 2. The molecule has 1 aromatic carbocycles. The van der Waals surface area contributed by atoms with Crippen molar-refractivity contribution in [3.05, 3.63) is 63.6 Å². The predicted molar refractivity (Wildman–Crippen MR) is 124 cm³/mol. The molecule has 1 aliphatic rings. The highest BCUT2D eigenvalue weighted by molar-refractivity contribution is 9.10. The molecular formula is C22H26BrFN6O. The Kier molecular flexibility index (Phi) is 6.41. The Hall–Kier alpha value is -2.68. The maximum atomic E-state index is 14.9. The summed E-state index contributed by atoms with van der Waals surface area (Å²) in [6.45, 7) is 7.22. The molecule has 3 heterocycles. The lowest BCUT2D eigenvalue weighted by Crippen LogP contribution is -2.46. The van der Waals surface area contributed by atoms with Gasteiger partial charge in [-0.05, 0) is 37.1 Å². The van der Waals surface area contributed by atoms with Crippen LogP contribution in [0.3, 0.4) is 0 Å². The van der Waals surface area contributed by atoms with Gasteiger partial charge in [-0.3, -0.25) is 0 Å². The number of piperazine rings is 1. The molecule has 3 aromatic rings. The van der Waals surface area contributed by atoms with Crippen molar-refractivity contribution in [3.63, 3.8) is 0 Å². The standard InChI is InChI=1S/C22H26BrFN6O/c1-3-17(4-2)30-22(31)29(15-26-30)21-20(24)13-19(14-25-21)28-11-9-27(10-12-28)18-7-5-16(23)6-8-18/h5-8,13-15,17H,3-4,9-12H2,1-2H3. The van der Waals surface area contributed by atoms with Crippen LogP contribution in [0.15, 0.2) is 52.1 Å². The molecule has 31 heavy (non-hydrogen) atoms. The second kappa shape index (κ2) is 9.21. The van der Waals surface area contributed by atoms with Crippen molar-refractivity contribution in [1.29, 1.82) is 0 Å². The Labute approximate surface area is 189 Å². The zero-order valence-corrected chi connectivity index (χ0v) is 19.3. The van der Waals surface area contributed by atoms with Crippen molar-refractivity contribution >= 4 is 27.3 Å². The highest BCUT2D eigenvalue weighted by Crippen LogP contribution is 2.23. The van der Waals surface area contributed by atoms with Crippen LogP contribution in [-0.4, -0.2) is 45.5 Å². The van der Waals surface area contributed by atoms with Gasteiger partial charge in [0, 0.05) is 42.4 Å². The van der Waals surface area contributed by atoms with Gasteiger partial charge in [-0.15, -0.1) is 0 Å². The average Bonchev–Trinajstić information content (AvgIpc) is 3.16. The monoisotopic (exact) mass is 488 g/mol. The lowest BCUT2D eigenvalue weighted by atomic mass is 10.2. The summed E-state index contributed by atoms with van der Waals surface area (Å²) in [6.07, 6.45) is 4.56. The lowest BCUT2D eigenvalue weighted by molar-refractivity contribution is 0.414. The van der Waals surface area contributed by atoms with Gasteiger partial charge in [-0.25, -0.2) is 23.4 Å². The molecule has 0 N–H and O–H groups in total. The first kappa shape index (κ1) is 21.5. The Balaban J connectivity index is 1.49. The molecule has 0 saturated carbocycles. The third kappa shape index (κ3) is 4.37. The molecule has 0 spiro atoms. The molecule has 1 saturated heterocycles. The molecule has 7 nitrogen and oxygen atoms in total. The van der Waals surface area contributed by atoms with Crippen LogP contribution in [0.4, 0.5) is 15.8 Å². The Bertz CT molecular complexity index is 1080. The fraction of sp³-hybridized carbons (Fsp3) is 0.409. The van der Waals surface area contributed by atoms with Crippen LogP contribution in [0.25, 0.3) is 5.82 Å². The molecule has 1 aliphatic heterocycles. The maximum Gasteiger partial charge on any atom is 0.351 e. The van der Waals surface area contributed by atoms with Gasteiger partial charge in [0.25, 0.3) is 0 Å². The fourth-order valence-corrected chi connectivity index (χ4v) is 4.26.